The third-order valence-corrected chi connectivity index (χ3v) is 2.95. The van der Waals surface area contributed by atoms with Crippen LogP contribution in [0, 0.1) is 0 Å². The van der Waals surface area contributed by atoms with E-state index in [1.807, 2.05) is 0 Å². The van der Waals surface area contributed by atoms with Gasteiger partial charge in [0, 0.05) is 6.54 Å². The Labute approximate surface area is 103 Å². The Bertz CT molecular complexity index is 510. The molecule has 84 valence electrons. The van der Waals surface area contributed by atoms with Crippen LogP contribution in [-0.2, 0) is 6.54 Å². The van der Waals surface area contributed by atoms with Crippen LogP contribution in [0.15, 0.2) is 21.2 Å². The summed E-state index contributed by atoms with van der Waals surface area (Å²) >= 11 is 4.34. The Morgan fingerprint density at radius 1 is 1.56 bits per heavy atom. The van der Waals surface area contributed by atoms with Crippen molar-refractivity contribution < 1.29 is 9.21 Å². The van der Waals surface area contributed by atoms with Crippen LogP contribution in [0.25, 0.3) is 0 Å². The Balaban J connectivity index is 2.07. The van der Waals surface area contributed by atoms with Crippen molar-refractivity contribution in [3.8, 4) is 0 Å². The van der Waals surface area contributed by atoms with Gasteiger partial charge in [0.1, 0.15) is 5.01 Å². The number of carbonyl (C=O) groups excluding carboxylic acids is 1. The Morgan fingerprint density at radius 2 is 2.38 bits per heavy atom. The van der Waals surface area contributed by atoms with Crippen LogP contribution < -0.4 is 11.1 Å². The van der Waals surface area contributed by atoms with Crippen molar-refractivity contribution in [2.24, 2.45) is 5.73 Å². The zero-order chi connectivity index (χ0) is 11.5. The molecule has 8 heteroatoms. The molecule has 2 aromatic heterocycles. The van der Waals surface area contributed by atoms with Gasteiger partial charge in [0.15, 0.2) is 10.4 Å². The standard InChI is InChI=1S/C8H7BrN4O2S/c9-5-2-1-4(15-5)7(14)11-8-13-12-6(3-10)16-8/h1-2H,3,10H2,(H,11,13,14). The van der Waals surface area contributed by atoms with E-state index in [0.717, 1.165) is 0 Å². The van der Waals surface area contributed by atoms with Crippen molar-refractivity contribution in [1.82, 2.24) is 10.2 Å². The number of halogens is 1. The van der Waals surface area contributed by atoms with E-state index in [4.69, 9.17) is 10.2 Å². The fourth-order valence-corrected chi connectivity index (χ4v) is 1.90. The first-order chi connectivity index (χ1) is 7.69. The summed E-state index contributed by atoms with van der Waals surface area (Å²) in [6.07, 6.45) is 0. The molecule has 0 radical (unpaired) electrons. The average Bonchev–Trinajstić information content (AvgIpc) is 2.87. The Kier molecular flexibility index (Phi) is 3.32. The van der Waals surface area contributed by atoms with Gasteiger partial charge in [-0.15, -0.1) is 10.2 Å². The van der Waals surface area contributed by atoms with Gasteiger partial charge in [-0.1, -0.05) is 11.3 Å². The molecule has 3 N–H and O–H groups in total. The number of anilines is 1. The van der Waals surface area contributed by atoms with Crippen LogP contribution in [0.3, 0.4) is 0 Å². The summed E-state index contributed by atoms with van der Waals surface area (Å²) in [6, 6.07) is 3.20. The van der Waals surface area contributed by atoms with Gasteiger partial charge in [-0.05, 0) is 28.1 Å². The lowest BCUT2D eigenvalue weighted by Gasteiger charge is -1.95. The number of nitrogens with two attached hydrogens (primary N) is 1. The number of nitrogens with one attached hydrogen (secondary N) is 1. The molecule has 0 aliphatic heterocycles. The second-order valence-electron chi connectivity index (χ2n) is 2.76. The SMILES string of the molecule is NCc1nnc(NC(=O)c2ccc(Br)o2)s1. The second-order valence-corrected chi connectivity index (χ2v) is 4.61. The molecule has 2 heterocycles. The Morgan fingerprint density at radius 3 is 2.94 bits per heavy atom. The van der Waals surface area contributed by atoms with Gasteiger partial charge in [0.25, 0.3) is 5.91 Å². The molecule has 1 amide bonds. The fraction of sp³-hybridized carbons (Fsp3) is 0.125. The summed E-state index contributed by atoms with van der Waals surface area (Å²) in [7, 11) is 0. The first-order valence-electron chi connectivity index (χ1n) is 4.28. The summed E-state index contributed by atoms with van der Waals surface area (Å²) in [5.41, 5.74) is 5.38. The van der Waals surface area contributed by atoms with Gasteiger partial charge < -0.3 is 10.2 Å². The molecule has 0 unspecified atom stereocenters. The molecule has 6 nitrogen and oxygen atoms in total. The molecule has 0 atom stereocenters. The summed E-state index contributed by atoms with van der Waals surface area (Å²) in [4.78, 5) is 11.6. The number of amides is 1. The van der Waals surface area contributed by atoms with Crippen molar-refractivity contribution in [3.05, 3.63) is 27.6 Å². The summed E-state index contributed by atoms with van der Waals surface area (Å²) in [5, 5.41) is 11.2. The lowest BCUT2D eigenvalue weighted by atomic mass is 10.4. The number of furan rings is 1. The first kappa shape index (κ1) is 11.2. The molecule has 0 spiro atoms. The molecule has 0 saturated heterocycles. The highest BCUT2D eigenvalue weighted by atomic mass is 79.9. The second kappa shape index (κ2) is 4.73. The number of aromatic nitrogens is 2. The third kappa shape index (κ3) is 2.46. The van der Waals surface area contributed by atoms with Crippen LogP contribution in [0.2, 0.25) is 0 Å². The van der Waals surface area contributed by atoms with Crippen molar-refractivity contribution in [2.45, 2.75) is 6.54 Å². The van der Waals surface area contributed by atoms with Crippen molar-refractivity contribution in [2.75, 3.05) is 5.32 Å². The molecule has 0 bridgehead atoms. The van der Waals surface area contributed by atoms with Gasteiger partial charge >= 0.3 is 0 Å². The molecular formula is C8H7BrN4O2S. The van der Waals surface area contributed by atoms with E-state index in [1.165, 1.54) is 11.3 Å². The molecule has 0 aliphatic rings. The maximum atomic E-state index is 11.6. The lowest BCUT2D eigenvalue weighted by Crippen LogP contribution is -2.10. The highest BCUT2D eigenvalue weighted by Crippen LogP contribution is 2.18. The van der Waals surface area contributed by atoms with E-state index in [0.29, 0.717) is 21.4 Å². The molecule has 0 saturated carbocycles. The van der Waals surface area contributed by atoms with Crippen LogP contribution in [0.5, 0.6) is 0 Å². The molecule has 0 aromatic carbocycles. The monoisotopic (exact) mass is 302 g/mol. The van der Waals surface area contributed by atoms with E-state index in [1.54, 1.807) is 12.1 Å². The quantitative estimate of drug-likeness (QED) is 0.898. The van der Waals surface area contributed by atoms with E-state index in [9.17, 15) is 4.79 Å². The minimum absolute atomic E-state index is 0.205. The fourth-order valence-electron chi connectivity index (χ4n) is 0.982. The van der Waals surface area contributed by atoms with Gasteiger partial charge in [-0.25, -0.2) is 0 Å². The van der Waals surface area contributed by atoms with Gasteiger partial charge in [0.05, 0.1) is 0 Å². The van der Waals surface area contributed by atoms with Crippen molar-refractivity contribution in [1.29, 1.82) is 0 Å². The highest BCUT2D eigenvalue weighted by Gasteiger charge is 2.12. The Hall–Kier alpha value is -1.25. The van der Waals surface area contributed by atoms with Crippen molar-refractivity contribution >= 4 is 38.3 Å². The van der Waals surface area contributed by atoms with Crippen LogP contribution in [0.4, 0.5) is 5.13 Å². The minimum Gasteiger partial charge on any atom is -0.444 e. The number of hydrogen-bond donors (Lipinski definition) is 2. The van der Waals surface area contributed by atoms with Crippen LogP contribution in [-0.4, -0.2) is 16.1 Å². The number of nitrogens with zero attached hydrogens (tertiary/aromatic N) is 2. The topological polar surface area (TPSA) is 94.0 Å². The van der Waals surface area contributed by atoms with Gasteiger partial charge in [0.2, 0.25) is 5.13 Å². The average molecular weight is 303 g/mol. The molecular weight excluding hydrogens is 296 g/mol. The minimum atomic E-state index is -0.370. The predicted octanol–water partition coefficient (Wildman–Crippen LogP) is 1.60. The number of hydrogen-bond acceptors (Lipinski definition) is 6. The normalized spacial score (nSPS) is 10.4. The van der Waals surface area contributed by atoms with Crippen LogP contribution >= 0.6 is 27.3 Å². The van der Waals surface area contributed by atoms with E-state index in [2.05, 4.69) is 31.4 Å². The van der Waals surface area contributed by atoms with E-state index < -0.39 is 0 Å². The molecule has 0 aliphatic carbocycles. The van der Waals surface area contributed by atoms with Gasteiger partial charge in [-0.2, -0.15) is 0 Å². The zero-order valence-corrected chi connectivity index (χ0v) is 10.3. The van der Waals surface area contributed by atoms with E-state index >= 15 is 0 Å². The summed E-state index contributed by atoms with van der Waals surface area (Å²) < 4.78 is 5.58. The highest BCUT2D eigenvalue weighted by molar-refractivity contribution is 9.10. The smallest absolute Gasteiger partial charge is 0.293 e. The number of rotatable bonds is 3. The third-order valence-electron chi connectivity index (χ3n) is 1.66. The molecule has 16 heavy (non-hydrogen) atoms. The van der Waals surface area contributed by atoms with E-state index in [-0.39, 0.29) is 11.7 Å². The molecule has 2 aromatic rings. The molecule has 2 rings (SSSR count). The van der Waals surface area contributed by atoms with Crippen molar-refractivity contribution in [3.63, 3.8) is 0 Å². The molecule has 0 fully saturated rings. The maximum Gasteiger partial charge on any atom is 0.293 e. The largest absolute Gasteiger partial charge is 0.444 e. The predicted molar refractivity (Wildman–Crippen MR) is 62.2 cm³/mol. The summed E-state index contributed by atoms with van der Waals surface area (Å²) in [5.74, 6) is -0.165. The van der Waals surface area contributed by atoms with Crippen LogP contribution in [0.1, 0.15) is 15.6 Å². The lowest BCUT2D eigenvalue weighted by molar-refractivity contribution is 0.0995. The maximum absolute atomic E-state index is 11.6. The zero-order valence-electron chi connectivity index (χ0n) is 7.94. The summed E-state index contributed by atoms with van der Waals surface area (Å²) in [6.45, 7) is 0.305. The van der Waals surface area contributed by atoms with Gasteiger partial charge in [-0.3, -0.25) is 10.1 Å². The number of carbonyl (C=O) groups is 1. The first-order valence-corrected chi connectivity index (χ1v) is 5.89.